The quantitative estimate of drug-likeness (QED) is 0.386. The summed E-state index contributed by atoms with van der Waals surface area (Å²) in [4.78, 5) is 32.2. The number of thiazole rings is 1. The Kier molecular flexibility index (Phi) is 6.74. The highest BCUT2D eigenvalue weighted by Crippen LogP contribution is 2.34. The number of rotatable bonds is 7. The Morgan fingerprint density at radius 2 is 1.82 bits per heavy atom. The van der Waals surface area contributed by atoms with Crippen LogP contribution in [-0.2, 0) is 11.2 Å². The molecule has 1 aliphatic rings. The number of amides is 1. The van der Waals surface area contributed by atoms with E-state index < -0.39 is 0 Å². The van der Waals surface area contributed by atoms with Crippen LogP contribution in [0.2, 0.25) is 0 Å². The predicted octanol–water partition coefficient (Wildman–Crippen LogP) is 3.63. The summed E-state index contributed by atoms with van der Waals surface area (Å²) in [5, 5.41) is 14.0. The molecule has 1 aliphatic heterocycles. The number of carbonyl (C=O) groups is 1. The number of carbonyl (C=O) groups excluding carboxylic acids is 1. The average Bonchev–Trinajstić information content (AvgIpc) is 3.32. The van der Waals surface area contributed by atoms with Crippen molar-refractivity contribution in [3.63, 3.8) is 0 Å². The molecule has 33 heavy (non-hydrogen) atoms. The SMILES string of the molecule is COc1ccc(-c2nc(CC(=O)N3CCN(c4ccccc4[N+](=O)[O-])CC3)cs2)cc1OC. The van der Waals surface area contributed by atoms with E-state index in [1.807, 2.05) is 28.5 Å². The minimum atomic E-state index is -0.370. The standard InChI is InChI=1S/C23H24N4O5S/c1-31-20-8-7-16(13-21(20)32-2)23-24-17(15-33-23)14-22(28)26-11-9-25(10-12-26)18-5-3-4-6-19(18)27(29)30/h3-8,13,15H,9-12,14H2,1-2H3. The van der Waals surface area contributed by atoms with Crippen molar-refractivity contribution in [2.45, 2.75) is 6.42 Å². The Bertz CT molecular complexity index is 1160. The molecule has 1 aromatic heterocycles. The Labute approximate surface area is 195 Å². The molecule has 172 valence electrons. The van der Waals surface area contributed by atoms with E-state index in [9.17, 15) is 14.9 Å². The average molecular weight is 469 g/mol. The van der Waals surface area contributed by atoms with E-state index in [-0.39, 0.29) is 22.9 Å². The molecule has 4 rings (SSSR count). The smallest absolute Gasteiger partial charge is 0.292 e. The second-order valence-corrected chi connectivity index (χ2v) is 8.36. The van der Waals surface area contributed by atoms with Gasteiger partial charge >= 0.3 is 0 Å². The molecule has 0 radical (unpaired) electrons. The van der Waals surface area contributed by atoms with Crippen molar-refractivity contribution in [3.05, 3.63) is 63.7 Å². The van der Waals surface area contributed by atoms with Gasteiger partial charge in [-0.3, -0.25) is 14.9 Å². The molecule has 2 aromatic carbocycles. The minimum absolute atomic E-state index is 0.00127. The van der Waals surface area contributed by atoms with Crippen LogP contribution >= 0.6 is 11.3 Å². The first-order valence-electron chi connectivity index (χ1n) is 10.4. The van der Waals surface area contributed by atoms with Crippen molar-refractivity contribution < 1.29 is 19.2 Å². The van der Waals surface area contributed by atoms with Gasteiger partial charge in [-0.05, 0) is 24.3 Å². The minimum Gasteiger partial charge on any atom is -0.493 e. The molecule has 2 heterocycles. The van der Waals surface area contributed by atoms with Crippen LogP contribution in [0.5, 0.6) is 11.5 Å². The van der Waals surface area contributed by atoms with Crippen LogP contribution in [0.1, 0.15) is 5.69 Å². The van der Waals surface area contributed by atoms with Crippen molar-refractivity contribution in [3.8, 4) is 22.1 Å². The van der Waals surface area contributed by atoms with Gasteiger partial charge in [0.15, 0.2) is 11.5 Å². The van der Waals surface area contributed by atoms with Gasteiger partial charge in [-0.15, -0.1) is 11.3 Å². The van der Waals surface area contributed by atoms with Gasteiger partial charge in [-0.1, -0.05) is 12.1 Å². The maximum absolute atomic E-state index is 12.8. The summed E-state index contributed by atoms with van der Waals surface area (Å²) in [7, 11) is 3.18. The second kappa shape index (κ2) is 9.86. The zero-order valence-corrected chi connectivity index (χ0v) is 19.2. The van der Waals surface area contributed by atoms with E-state index in [1.165, 1.54) is 17.4 Å². The van der Waals surface area contributed by atoms with Crippen molar-refractivity contribution in [2.75, 3.05) is 45.3 Å². The molecule has 9 nitrogen and oxygen atoms in total. The third-order valence-electron chi connectivity index (χ3n) is 5.57. The van der Waals surface area contributed by atoms with Gasteiger partial charge in [0.25, 0.3) is 5.69 Å². The molecule has 1 fully saturated rings. The summed E-state index contributed by atoms with van der Waals surface area (Å²) >= 11 is 1.48. The Morgan fingerprint density at radius 1 is 1.09 bits per heavy atom. The molecule has 0 unspecified atom stereocenters. The molecule has 3 aromatic rings. The maximum atomic E-state index is 12.8. The lowest BCUT2D eigenvalue weighted by atomic mass is 10.2. The fourth-order valence-corrected chi connectivity index (χ4v) is 4.66. The number of ether oxygens (including phenoxy) is 2. The monoisotopic (exact) mass is 468 g/mol. The van der Waals surface area contributed by atoms with Gasteiger partial charge in [0.05, 0.1) is 31.3 Å². The van der Waals surface area contributed by atoms with E-state index in [0.717, 1.165) is 16.3 Å². The van der Waals surface area contributed by atoms with Gasteiger partial charge in [-0.25, -0.2) is 4.98 Å². The Hall–Kier alpha value is -3.66. The van der Waals surface area contributed by atoms with Crippen molar-refractivity contribution in [2.24, 2.45) is 0 Å². The molecule has 0 aliphatic carbocycles. The highest BCUT2D eigenvalue weighted by atomic mass is 32.1. The lowest BCUT2D eigenvalue weighted by Crippen LogP contribution is -2.49. The van der Waals surface area contributed by atoms with E-state index in [2.05, 4.69) is 4.98 Å². The Morgan fingerprint density at radius 3 is 2.52 bits per heavy atom. The number of hydrogen-bond donors (Lipinski definition) is 0. The summed E-state index contributed by atoms with van der Waals surface area (Å²) in [5.74, 6) is 1.27. The molecular formula is C23H24N4O5S. The molecule has 1 amide bonds. The van der Waals surface area contributed by atoms with E-state index in [0.29, 0.717) is 43.4 Å². The molecule has 0 N–H and O–H groups in total. The number of nitro groups is 1. The normalized spacial score (nSPS) is 13.6. The molecule has 0 spiro atoms. The van der Waals surface area contributed by atoms with Gasteiger partial charge in [0.2, 0.25) is 5.91 Å². The largest absolute Gasteiger partial charge is 0.493 e. The van der Waals surface area contributed by atoms with Gasteiger partial charge in [0, 0.05) is 43.2 Å². The molecule has 0 atom stereocenters. The van der Waals surface area contributed by atoms with Crippen molar-refractivity contribution in [1.82, 2.24) is 9.88 Å². The lowest BCUT2D eigenvalue weighted by molar-refractivity contribution is -0.384. The second-order valence-electron chi connectivity index (χ2n) is 7.50. The number of nitro benzene ring substituents is 1. The van der Waals surface area contributed by atoms with E-state index in [1.54, 1.807) is 37.3 Å². The lowest BCUT2D eigenvalue weighted by Gasteiger charge is -2.35. The molecule has 1 saturated heterocycles. The van der Waals surface area contributed by atoms with E-state index in [4.69, 9.17) is 9.47 Å². The molecular weight excluding hydrogens is 444 g/mol. The van der Waals surface area contributed by atoms with Crippen LogP contribution in [-0.4, -0.2) is 61.1 Å². The number of piperazine rings is 1. The number of benzene rings is 2. The molecule has 10 heteroatoms. The van der Waals surface area contributed by atoms with Crippen molar-refractivity contribution in [1.29, 1.82) is 0 Å². The third kappa shape index (κ3) is 4.90. The van der Waals surface area contributed by atoms with Crippen LogP contribution in [0.4, 0.5) is 11.4 Å². The first-order valence-corrected chi connectivity index (χ1v) is 11.3. The highest BCUT2D eigenvalue weighted by molar-refractivity contribution is 7.13. The number of nitrogens with zero attached hydrogens (tertiary/aromatic N) is 4. The third-order valence-corrected chi connectivity index (χ3v) is 6.51. The molecule has 0 bridgehead atoms. The van der Waals surface area contributed by atoms with Gasteiger partial charge < -0.3 is 19.3 Å². The highest BCUT2D eigenvalue weighted by Gasteiger charge is 2.26. The number of methoxy groups -OCH3 is 2. The van der Waals surface area contributed by atoms with Crippen LogP contribution in [0.3, 0.4) is 0 Å². The summed E-state index contributed by atoms with van der Waals surface area (Å²) in [6.45, 7) is 2.12. The summed E-state index contributed by atoms with van der Waals surface area (Å²) < 4.78 is 10.6. The van der Waals surface area contributed by atoms with E-state index >= 15 is 0 Å². The number of para-hydroxylation sites is 2. The van der Waals surface area contributed by atoms with Crippen LogP contribution in [0, 0.1) is 10.1 Å². The fraction of sp³-hybridized carbons (Fsp3) is 0.304. The van der Waals surface area contributed by atoms with Crippen LogP contribution < -0.4 is 14.4 Å². The topological polar surface area (TPSA) is 98.0 Å². The summed E-state index contributed by atoms with van der Waals surface area (Å²) in [5.41, 5.74) is 2.29. The predicted molar refractivity (Wildman–Crippen MR) is 126 cm³/mol. The molecule has 0 saturated carbocycles. The first kappa shape index (κ1) is 22.5. The van der Waals surface area contributed by atoms with Gasteiger partial charge in [0.1, 0.15) is 10.7 Å². The number of aromatic nitrogens is 1. The maximum Gasteiger partial charge on any atom is 0.292 e. The number of anilines is 1. The fourth-order valence-electron chi connectivity index (χ4n) is 3.84. The first-order chi connectivity index (χ1) is 16.0. The Balaban J connectivity index is 1.38. The summed E-state index contributed by atoms with van der Waals surface area (Å²) in [6.07, 6.45) is 0.218. The zero-order chi connectivity index (χ0) is 23.4. The van der Waals surface area contributed by atoms with Crippen LogP contribution in [0.15, 0.2) is 47.8 Å². The zero-order valence-electron chi connectivity index (χ0n) is 18.4. The van der Waals surface area contributed by atoms with Crippen molar-refractivity contribution >= 4 is 28.6 Å². The van der Waals surface area contributed by atoms with Gasteiger partial charge in [-0.2, -0.15) is 0 Å². The van der Waals surface area contributed by atoms with Crippen LogP contribution in [0.25, 0.3) is 10.6 Å². The summed E-state index contributed by atoms with van der Waals surface area (Å²) in [6, 6.07) is 12.3. The number of hydrogen-bond acceptors (Lipinski definition) is 8.